The number of nitrogens with one attached hydrogen (secondary N) is 1. The molecule has 4 bridgehead atoms. The lowest BCUT2D eigenvalue weighted by atomic mass is 9.53. The second-order valence-electron chi connectivity index (χ2n) is 7.93. The SMILES string of the molecule is CC(C)C(C(=O)NC12CC3CC(CC(C3)C1)C2)C(N)=NO. The van der Waals surface area contributed by atoms with Crippen molar-refractivity contribution in [3.8, 4) is 0 Å². The zero-order chi connectivity index (χ0) is 15.2. The molecule has 0 aromatic heterocycles. The van der Waals surface area contributed by atoms with Gasteiger partial charge in [-0.3, -0.25) is 4.79 Å². The van der Waals surface area contributed by atoms with Crippen LogP contribution in [0.4, 0.5) is 0 Å². The Morgan fingerprint density at radius 3 is 2.05 bits per heavy atom. The Hall–Kier alpha value is -1.26. The third-order valence-corrected chi connectivity index (χ3v) is 5.81. The monoisotopic (exact) mass is 293 g/mol. The second-order valence-corrected chi connectivity index (χ2v) is 7.93. The first-order valence-electron chi connectivity index (χ1n) is 8.22. The van der Waals surface area contributed by atoms with Gasteiger partial charge >= 0.3 is 0 Å². The summed E-state index contributed by atoms with van der Waals surface area (Å²) >= 11 is 0. The molecule has 118 valence electrons. The van der Waals surface area contributed by atoms with Crippen LogP contribution in [0.5, 0.6) is 0 Å². The van der Waals surface area contributed by atoms with E-state index < -0.39 is 5.92 Å². The molecule has 0 aromatic carbocycles. The minimum absolute atomic E-state index is 0.0191. The number of amidine groups is 1. The number of hydrogen-bond acceptors (Lipinski definition) is 3. The first-order chi connectivity index (χ1) is 9.92. The van der Waals surface area contributed by atoms with Gasteiger partial charge in [-0.2, -0.15) is 0 Å². The normalized spacial score (nSPS) is 39.6. The second kappa shape index (κ2) is 5.18. The van der Waals surface area contributed by atoms with Crippen molar-refractivity contribution in [3.05, 3.63) is 0 Å². The first kappa shape index (κ1) is 14.7. The van der Waals surface area contributed by atoms with Crippen molar-refractivity contribution < 1.29 is 10.0 Å². The topological polar surface area (TPSA) is 87.7 Å². The average Bonchev–Trinajstić information content (AvgIpc) is 2.35. The predicted octanol–water partition coefficient (Wildman–Crippen LogP) is 2.09. The fourth-order valence-corrected chi connectivity index (χ4v) is 5.44. The highest BCUT2D eigenvalue weighted by Gasteiger charge is 2.52. The lowest BCUT2D eigenvalue weighted by molar-refractivity contribution is -0.129. The molecule has 0 saturated heterocycles. The van der Waals surface area contributed by atoms with Gasteiger partial charge in [-0.25, -0.2) is 0 Å². The van der Waals surface area contributed by atoms with Crippen molar-refractivity contribution in [2.45, 2.75) is 57.9 Å². The summed E-state index contributed by atoms with van der Waals surface area (Å²) in [5.74, 6) is 1.81. The molecule has 4 aliphatic carbocycles. The molecule has 0 radical (unpaired) electrons. The summed E-state index contributed by atoms with van der Waals surface area (Å²) < 4.78 is 0. The molecule has 4 N–H and O–H groups in total. The van der Waals surface area contributed by atoms with E-state index in [-0.39, 0.29) is 23.2 Å². The molecule has 0 heterocycles. The minimum atomic E-state index is -0.539. The lowest BCUT2D eigenvalue weighted by Gasteiger charge is -2.57. The van der Waals surface area contributed by atoms with Gasteiger partial charge in [0.1, 0.15) is 5.92 Å². The van der Waals surface area contributed by atoms with E-state index in [0.717, 1.165) is 37.0 Å². The Balaban J connectivity index is 1.75. The van der Waals surface area contributed by atoms with Gasteiger partial charge in [0.25, 0.3) is 0 Å². The summed E-state index contributed by atoms with van der Waals surface area (Å²) in [5.41, 5.74) is 5.71. The number of rotatable bonds is 4. The molecule has 0 aromatic rings. The van der Waals surface area contributed by atoms with E-state index in [4.69, 9.17) is 10.9 Å². The largest absolute Gasteiger partial charge is 0.409 e. The van der Waals surface area contributed by atoms with Crippen molar-refractivity contribution in [2.75, 3.05) is 0 Å². The Kier molecular flexibility index (Phi) is 3.62. The summed E-state index contributed by atoms with van der Waals surface area (Å²) in [7, 11) is 0. The molecular formula is C16H27N3O2. The van der Waals surface area contributed by atoms with Crippen molar-refractivity contribution in [1.29, 1.82) is 0 Å². The van der Waals surface area contributed by atoms with Crippen LogP contribution >= 0.6 is 0 Å². The molecule has 0 spiro atoms. The van der Waals surface area contributed by atoms with E-state index >= 15 is 0 Å². The maximum Gasteiger partial charge on any atom is 0.231 e. The van der Waals surface area contributed by atoms with Gasteiger partial charge in [-0.05, 0) is 62.2 Å². The third kappa shape index (κ3) is 2.62. The number of carbonyl (C=O) groups is 1. The average molecular weight is 293 g/mol. The van der Waals surface area contributed by atoms with Crippen molar-refractivity contribution in [2.24, 2.45) is 40.5 Å². The highest BCUT2D eigenvalue weighted by atomic mass is 16.4. The van der Waals surface area contributed by atoms with Crippen LogP contribution in [-0.4, -0.2) is 22.5 Å². The molecule has 4 rings (SSSR count). The Morgan fingerprint density at radius 2 is 1.67 bits per heavy atom. The molecule has 4 fully saturated rings. The zero-order valence-electron chi connectivity index (χ0n) is 13.0. The summed E-state index contributed by atoms with van der Waals surface area (Å²) in [4.78, 5) is 12.7. The van der Waals surface area contributed by atoms with Crippen LogP contribution in [-0.2, 0) is 4.79 Å². The standard InChI is InChI=1S/C16H27N3O2/c1-9(2)13(14(17)19-21)15(20)18-16-6-10-3-11(7-16)5-12(4-10)8-16/h9-13,21H,3-8H2,1-2H3,(H2,17,19)(H,18,20). The number of amides is 1. The lowest BCUT2D eigenvalue weighted by Crippen LogP contribution is -2.61. The summed E-state index contributed by atoms with van der Waals surface area (Å²) in [6, 6.07) is 0. The highest BCUT2D eigenvalue weighted by Crippen LogP contribution is 2.55. The van der Waals surface area contributed by atoms with Crippen LogP contribution in [0.1, 0.15) is 52.4 Å². The molecule has 5 heteroatoms. The van der Waals surface area contributed by atoms with Gasteiger partial charge in [-0.1, -0.05) is 19.0 Å². The van der Waals surface area contributed by atoms with Gasteiger partial charge in [0.15, 0.2) is 5.84 Å². The molecule has 5 nitrogen and oxygen atoms in total. The van der Waals surface area contributed by atoms with E-state index in [2.05, 4.69) is 10.5 Å². The predicted molar refractivity (Wildman–Crippen MR) is 80.8 cm³/mol. The molecule has 21 heavy (non-hydrogen) atoms. The van der Waals surface area contributed by atoms with Gasteiger partial charge in [0.05, 0.1) is 0 Å². The Bertz CT molecular complexity index is 423. The number of nitrogens with two attached hydrogens (primary N) is 1. The molecule has 1 atom stereocenters. The summed E-state index contributed by atoms with van der Waals surface area (Å²) in [6.45, 7) is 3.87. The van der Waals surface area contributed by atoms with Crippen molar-refractivity contribution >= 4 is 11.7 Å². The van der Waals surface area contributed by atoms with Crippen molar-refractivity contribution in [3.63, 3.8) is 0 Å². The van der Waals surface area contributed by atoms with E-state index in [1.807, 2.05) is 13.8 Å². The minimum Gasteiger partial charge on any atom is -0.409 e. The van der Waals surface area contributed by atoms with Gasteiger partial charge in [0, 0.05) is 5.54 Å². The maximum absolute atomic E-state index is 12.7. The quantitative estimate of drug-likeness (QED) is 0.321. The van der Waals surface area contributed by atoms with Crippen LogP contribution in [0.15, 0.2) is 5.16 Å². The van der Waals surface area contributed by atoms with Gasteiger partial charge in [0.2, 0.25) is 5.91 Å². The number of hydrogen-bond donors (Lipinski definition) is 3. The Morgan fingerprint density at radius 1 is 1.19 bits per heavy atom. The molecule has 1 amide bonds. The third-order valence-electron chi connectivity index (χ3n) is 5.81. The fraction of sp³-hybridized carbons (Fsp3) is 0.875. The van der Waals surface area contributed by atoms with Crippen LogP contribution in [0, 0.1) is 29.6 Å². The summed E-state index contributed by atoms with van der Waals surface area (Å²) in [5, 5.41) is 15.3. The molecule has 4 aliphatic rings. The van der Waals surface area contributed by atoms with Crippen molar-refractivity contribution in [1.82, 2.24) is 5.32 Å². The van der Waals surface area contributed by atoms with Gasteiger partial charge < -0.3 is 16.3 Å². The van der Waals surface area contributed by atoms with E-state index in [1.54, 1.807) is 0 Å². The number of carbonyl (C=O) groups excluding carboxylic acids is 1. The van der Waals surface area contributed by atoms with Crippen LogP contribution in [0.2, 0.25) is 0 Å². The smallest absolute Gasteiger partial charge is 0.231 e. The fourth-order valence-electron chi connectivity index (χ4n) is 5.44. The highest BCUT2D eigenvalue weighted by molar-refractivity contribution is 6.02. The zero-order valence-corrected chi connectivity index (χ0v) is 13.0. The number of oxime groups is 1. The molecular weight excluding hydrogens is 266 g/mol. The molecule has 4 saturated carbocycles. The summed E-state index contributed by atoms with van der Waals surface area (Å²) in [6.07, 6.45) is 7.40. The Labute approximate surface area is 126 Å². The van der Waals surface area contributed by atoms with E-state index in [1.165, 1.54) is 19.3 Å². The first-order valence-corrected chi connectivity index (χ1v) is 8.22. The van der Waals surface area contributed by atoms with E-state index in [0.29, 0.717) is 0 Å². The molecule has 0 aliphatic heterocycles. The number of nitrogens with zero attached hydrogens (tertiary/aromatic N) is 1. The van der Waals surface area contributed by atoms with Crippen LogP contribution < -0.4 is 11.1 Å². The van der Waals surface area contributed by atoms with E-state index in [9.17, 15) is 4.79 Å². The van der Waals surface area contributed by atoms with Crippen LogP contribution in [0.25, 0.3) is 0 Å². The molecule has 1 unspecified atom stereocenters. The maximum atomic E-state index is 12.7. The van der Waals surface area contributed by atoms with Crippen LogP contribution in [0.3, 0.4) is 0 Å². The van der Waals surface area contributed by atoms with Gasteiger partial charge in [-0.15, -0.1) is 0 Å².